The number of benzene rings is 2. The number of nitrogens with zero attached hydrogens (tertiary/aromatic N) is 2. The summed E-state index contributed by atoms with van der Waals surface area (Å²) in [6.07, 6.45) is 6.36. The molecule has 1 aliphatic rings. The largest absolute Gasteiger partial charge is 0.352 e. The molecule has 0 radical (unpaired) electrons. The van der Waals surface area contributed by atoms with E-state index in [0.29, 0.717) is 23.2 Å². The van der Waals surface area contributed by atoms with Gasteiger partial charge in [0.25, 0.3) is 5.91 Å². The van der Waals surface area contributed by atoms with E-state index < -0.39 is 0 Å². The Morgan fingerprint density at radius 2 is 1.89 bits per heavy atom. The van der Waals surface area contributed by atoms with Crippen LogP contribution in [0.2, 0.25) is 5.02 Å². The Bertz CT molecular complexity index is 943. The Kier molecular flexibility index (Phi) is 5.74. The van der Waals surface area contributed by atoms with Gasteiger partial charge in [-0.2, -0.15) is 5.10 Å². The first-order valence-electron chi connectivity index (χ1n) is 9.58. The van der Waals surface area contributed by atoms with E-state index in [-0.39, 0.29) is 5.91 Å². The van der Waals surface area contributed by atoms with Crippen LogP contribution >= 0.6 is 11.6 Å². The molecule has 1 aromatic heterocycles. The molecule has 1 heterocycles. The van der Waals surface area contributed by atoms with E-state index in [1.54, 1.807) is 23.1 Å². The molecule has 0 spiro atoms. The quantitative estimate of drug-likeness (QED) is 0.604. The van der Waals surface area contributed by atoms with Crippen LogP contribution in [0.15, 0.2) is 60.9 Å². The van der Waals surface area contributed by atoms with Crippen LogP contribution in [0.25, 0.3) is 5.69 Å². The molecule has 0 atom stereocenters. The lowest BCUT2D eigenvalue weighted by molar-refractivity contribution is 0.0953. The molecule has 2 aromatic carbocycles. The molecule has 144 valence electrons. The lowest BCUT2D eigenvalue weighted by Crippen LogP contribution is -2.33. The number of rotatable bonds is 7. The van der Waals surface area contributed by atoms with E-state index >= 15 is 0 Å². The third-order valence-corrected chi connectivity index (χ3v) is 5.28. The molecule has 6 heteroatoms. The third-order valence-electron chi connectivity index (χ3n) is 5.04. The van der Waals surface area contributed by atoms with Gasteiger partial charge in [-0.05, 0) is 55.1 Å². The first-order valence-corrected chi connectivity index (χ1v) is 9.96. The van der Waals surface area contributed by atoms with Gasteiger partial charge in [0.2, 0.25) is 0 Å². The van der Waals surface area contributed by atoms with Crippen molar-refractivity contribution >= 4 is 17.5 Å². The average molecular weight is 395 g/mol. The first-order chi connectivity index (χ1) is 13.7. The SMILES string of the molecule is O=C(NCCCNC1Cc2ccccc2C1)c1cnn(-c2cccc(Cl)c2)c1. The molecule has 0 aliphatic heterocycles. The summed E-state index contributed by atoms with van der Waals surface area (Å²) in [7, 11) is 0. The molecule has 28 heavy (non-hydrogen) atoms. The average Bonchev–Trinajstić information content (AvgIpc) is 3.34. The van der Waals surface area contributed by atoms with Gasteiger partial charge in [0.05, 0.1) is 17.4 Å². The fraction of sp³-hybridized carbons (Fsp3) is 0.273. The minimum absolute atomic E-state index is 0.110. The minimum atomic E-state index is -0.110. The summed E-state index contributed by atoms with van der Waals surface area (Å²) in [6, 6.07) is 16.5. The predicted molar refractivity (Wildman–Crippen MR) is 111 cm³/mol. The first kappa shape index (κ1) is 18.7. The van der Waals surface area contributed by atoms with Crippen molar-refractivity contribution in [1.29, 1.82) is 0 Å². The molecular formula is C22H23ClN4O. The van der Waals surface area contributed by atoms with E-state index in [1.807, 2.05) is 18.2 Å². The zero-order valence-corrected chi connectivity index (χ0v) is 16.3. The van der Waals surface area contributed by atoms with Crippen LogP contribution in [0.3, 0.4) is 0 Å². The molecule has 0 saturated heterocycles. The van der Waals surface area contributed by atoms with Gasteiger partial charge in [0, 0.05) is 23.8 Å². The number of hydrogen-bond acceptors (Lipinski definition) is 3. The van der Waals surface area contributed by atoms with Crippen LogP contribution in [0.5, 0.6) is 0 Å². The van der Waals surface area contributed by atoms with E-state index in [1.165, 1.54) is 11.1 Å². The van der Waals surface area contributed by atoms with Crippen LogP contribution in [-0.2, 0) is 12.8 Å². The van der Waals surface area contributed by atoms with Crippen molar-refractivity contribution in [2.75, 3.05) is 13.1 Å². The lowest BCUT2D eigenvalue weighted by atomic mass is 10.1. The second kappa shape index (κ2) is 8.59. The summed E-state index contributed by atoms with van der Waals surface area (Å²) < 4.78 is 1.65. The maximum atomic E-state index is 12.3. The zero-order valence-electron chi connectivity index (χ0n) is 15.6. The molecule has 1 aliphatic carbocycles. The number of aromatic nitrogens is 2. The Labute approximate surface area is 169 Å². The summed E-state index contributed by atoms with van der Waals surface area (Å²) in [5, 5.41) is 11.4. The highest BCUT2D eigenvalue weighted by Gasteiger charge is 2.19. The maximum absolute atomic E-state index is 12.3. The zero-order chi connectivity index (χ0) is 19.3. The van der Waals surface area contributed by atoms with Gasteiger partial charge in [-0.15, -0.1) is 0 Å². The van der Waals surface area contributed by atoms with Crippen molar-refractivity contribution in [3.8, 4) is 5.69 Å². The molecule has 0 fully saturated rings. The Hall–Kier alpha value is -2.63. The molecule has 2 N–H and O–H groups in total. The maximum Gasteiger partial charge on any atom is 0.254 e. The Morgan fingerprint density at radius 1 is 1.11 bits per heavy atom. The fourth-order valence-corrected chi connectivity index (χ4v) is 3.79. The van der Waals surface area contributed by atoms with Crippen molar-refractivity contribution in [3.05, 3.63) is 82.6 Å². The highest BCUT2D eigenvalue weighted by atomic mass is 35.5. The number of carbonyl (C=O) groups is 1. The monoisotopic (exact) mass is 394 g/mol. The number of carbonyl (C=O) groups excluding carboxylic acids is 1. The molecule has 3 aromatic rings. The number of amides is 1. The summed E-state index contributed by atoms with van der Waals surface area (Å²) in [5.74, 6) is -0.110. The summed E-state index contributed by atoms with van der Waals surface area (Å²) in [6.45, 7) is 1.52. The second-order valence-corrected chi connectivity index (χ2v) is 7.53. The van der Waals surface area contributed by atoms with Gasteiger partial charge >= 0.3 is 0 Å². The standard InChI is InChI=1S/C22H23ClN4O/c23-19-7-3-8-21(13-19)27-15-18(14-26-27)22(28)25-10-4-9-24-20-11-16-5-1-2-6-17(16)12-20/h1-3,5-8,13-15,20,24H,4,9-12H2,(H,25,28). The molecular weight excluding hydrogens is 372 g/mol. The smallest absolute Gasteiger partial charge is 0.254 e. The van der Waals surface area contributed by atoms with Gasteiger partial charge in [0.15, 0.2) is 0 Å². The predicted octanol–water partition coefficient (Wildman–Crippen LogP) is 3.40. The third kappa shape index (κ3) is 4.43. The van der Waals surface area contributed by atoms with Crippen molar-refractivity contribution in [1.82, 2.24) is 20.4 Å². The molecule has 5 nitrogen and oxygen atoms in total. The number of hydrogen-bond donors (Lipinski definition) is 2. The van der Waals surface area contributed by atoms with Gasteiger partial charge in [-0.1, -0.05) is 41.9 Å². The number of halogens is 1. The van der Waals surface area contributed by atoms with Crippen LogP contribution in [0, 0.1) is 0 Å². The molecule has 4 rings (SSSR count). The van der Waals surface area contributed by atoms with E-state index in [9.17, 15) is 4.79 Å². The normalized spacial score (nSPS) is 13.5. The highest BCUT2D eigenvalue weighted by molar-refractivity contribution is 6.30. The van der Waals surface area contributed by atoms with Crippen LogP contribution in [0.1, 0.15) is 27.9 Å². The number of fused-ring (bicyclic) bond motifs is 1. The summed E-state index contributed by atoms with van der Waals surface area (Å²) >= 11 is 6.01. The molecule has 0 saturated carbocycles. The molecule has 1 amide bonds. The summed E-state index contributed by atoms with van der Waals surface area (Å²) in [5.41, 5.74) is 4.27. The van der Waals surface area contributed by atoms with Crippen LogP contribution < -0.4 is 10.6 Å². The van der Waals surface area contributed by atoms with Crippen LogP contribution in [-0.4, -0.2) is 34.8 Å². The fourth-order valence-electron chi connectivity index (χ4n) is 3.60. The van der Waals surface area contributed by atoms with Gasteiger partial charge in [0.1, 0.15) is 0 Å². The minimum Gasteiger partial charge on any atom is -0.352 e. The highest BCUT2D eigenvalue weighted by Crippen LogP contribution is 2.21. The van der Waals surface area contributed by atoms with Crippen molar-refractivity contribution in [2.24, 2.45) is 0 Å². The van der Waals surface area contributed by atoms with Gasteiger partial charge in [-0.3, -0.25) is 4.79 Å². The lowest BCUT2D eigenvalue weighted by Gasteiger charge is -2.11. The summed E-state index contributed by atoms with van der Waals surface area (Å²) in [4.78, 5) is 12.3. The molecule has 0 unspecified atom stereocenters. The Balaban J connectivity index is 1.19. The van der Waals surface area contributed by atoms with E-state index in [2.05, 4.69) is 40.0 Å². The van der Waals surface area contributed by atoms with Crippen LogP contribution in [0.4, 0.5) is 0 Å². The topological polar surface area (TPSA) is 59.0 Å². The molecule has 0 bridgehead atoms. The van der Waals surface area contributed by atoms with Crippen molar-refractivity contribution < 1.29 is 4.79 Å². The van der Waals surface area contributed by atoms with E-state index in [0.717, 1.165) is 31.5 Å². The van der Waals surface area contributed by atoms with Gasteiger partial charge in [-0.25, -0.2) is 4.68 Å². The number of nitrogens with one attached hydrogen (secondary N) is 2. The Morgan fingerprint density at radius 3 is 2.64 bits per heavy atom. The second-order valence-electron chi connectivity index (χ2n) is 7.09. The van der Waals surface area contributed by atoms with Gasteiger partial charge < -0.3 is 10.6 Å². The van der Waals surface area contributed by atoms with E-state index in [4.69, 9.17) is 11.6 Å². The van der Waals surface area contributed by atoms with Crippen molar-refractivity contribution in [2.45, 2.75) is 25.3 Å². The van der Waals surface area contributed by atoms with Crippen molar-refractivity contribution in [3.63, 3.8) is 0 Å².